The summed E-state index contributed by atoms with van der Waals surface area (Å²) in [4.78, 5) is 20.8. The monoisotopic (exact) mass is 558 g/mol. The Labute approximate surface area is 239 Å². The number of carbonyl (C=O) groups excluding carboxylic acids is 1. The third-order valence-corrected chi connectivity index (χ3v) is 6.42. The van der Waals surface area contributed by atoms with Gasteiger partial charge in [0, 0.05) is 51.4 Å². The van der Waals surface area contributed by atoms with Crippen LogP contribution in [0.25, 0.3) is 10.9 Å². The van der Waals surface area contributed by atoms with Crippen LogP contribution in [-0.4, -0.2) is 27.6 Å². The normalized spacial score (nSPS) is 14.0. The standard InChI is InChI=1S/C29H33N4O2.Y/c34-18-8-4-7-11-28(35)32-25-16-17-27-26(20-25)29(31-21-30-27)33-24-14-12-23(13-15-24)19-22-9-5-2-1-3-6-10-22;/h12-17,21-22,34H,1-6,8-10,18-19H2,(H,32,35)(H,30,31,33);/q-1;. The SMILES string of the molecule is O=C(C#CCCCO)Nc1[c-]c2c(Nc3ccc(CC4CCCCCCC4)cc3)ncnc2cc1.[Y]. The van der Waals surface area contributed by atoms with Crippen LogP contribution < -0.4 is 10.6 Å². The number of nitrogens with zero attached hydrogens (tertiary/aromatic N) is 2. The molecule has 0 atom stereocenters. The molecule has 0 spiro atoms. The Hall–Kier alpha value is -2.33. The van der Waals surface area contributed by atoms with Gasteiger partial charge in [-0.15, -0.1) is 18.2 Å². The molecule has 0 unspecified atom stereocenters. The molecule has 1 heterocycles. The number of carbonyl (C=O) groups is 1. The van der Waals surface area contributed by atoms with Gasteiger partial charge < -0.3 is 15.7 Å². The van der Waals surface area contributed by atoms with Gasteiger partial charge in [0.2, 0.25) is 0 Å². The minimum absolute atomic E-state index is 0. The smallest absolute Gasteiger partial charge is 0.298 e. The first-order valence-electron chi connectivity index (χ1n) is 12.6. The molecule has 1 aliphatic carbocycles. The maximum Gasteiger partial charge on any atom is 0.298 e. The zero-order chi connectivity index (χ0) is 24.3. The zero-order valence-corrected chi connectivity index (χ0v) is 23.6. The number of amides is 1. The first kappa shape index (κ1) is 28.2. The maximum atomic E-state index is 12.1. The van der Waals surface area contributed by atoms with Crippen LogP contribution in [0.1, 0.15) is 63.4 Å². The van der Waals surface area contributed by atoms with Crippen molar-refractivity contribution in [2.24, 2.45) is 5.92 Å². The van der Waals surface area contributed by atoms with Gasteiger partial charge in [0.15, 0.2) is 0 Å². The molecule has 0 bridgehead atoms. The van der Waals surface area contributed by atoms with Crippen molar-refractivity contribution in [2.75, 3.05) is 17.2 Å². The molecule has 2 aromatic carbocycles. The fourth-order valence-corrected chi connectivity index (χ4v) is 4.56. The van der Waals surface area contributed by atoms with E-state index < -0.39 is 5.91 Å². The van der Waals surface area contributed by atoms with E-state index in [0.29, 0.717) is 29.7 Å². The van der Waals surface area contributed by atoms with E-state index in [0.717, 1.165) is 23.5 Å². The largest absolute Gasteiger partial charge is 0.396 e. The predicted octanol–water partition coefficient (Wildman–Crippen LogP) is 5.79. The van der Waals surface area contributed by atoms with E-state index in [4.69, 9.17) is 5.11 Å². The summed E-state index contributed by atoms with van der Waals surface area (Å²) >= 11 is 0. The molecule has 1 aliphatic rings. The van der Waals surface area contributed by atoms with Crippen molar-refractivity contribution in [1.29, 1.82) is 0 Å². The van der Waals surface area contributed by atoms with Crippen LogP contribution in [0.3, 0.4) is 0 Å². The van der Waals surface area contributed by atoms with Crippen molar-refractivity contribution in [3.63, 3.8) is 0 Å². The molecule has 3 N–H and O–H groups in total. The molecule has 1 fully saturated rings. The average Bonchev–Trinajstić information content (AvgIpc) is 2.85. The molecule has 7 heteroatoms. The predicted molar refractivity (Wildman–Crippen MR) is 140 cm³/mol. The second-order valence-electron chi connectivity index (χ2n) is 9.17. The number of aromatic nitrogens is 2. The quantitative estimate of drug-likeness (QED) is 0.194. The van der Waals surface area contributed by atoms with Crippen LogP contribution in [0, 0.1) is 23.8 Å². The summed E-state index contributed by atoms with van der Waals surface area (Å²) in [5.41, 5.74) is 3.57. The van der Waals surface area contributed by atoms with Gasteiger partial charge in [-0.3, -0.25) is 14.8 Å². The fraction of sp³-hybridized carbons (Fsp3) is 0.414. The Morgan fingerprint density at radius 2 is 1.78 bits per heavy atom. The van der Waals surface area contributed by atoms with Gasteiger partial charge in [0.25, 0.3) is 5.91 Å². The number of hydrogen-bond acceptors (Lipinski definition) is 5. The van der Waals surface area contributed by atoms with Crippen LogP contribution in [0.2, 0.25) is 0 Å². The van der Waals surface area contributed by atoms with Crippen LogP contribution in [0.15, 0.2) is 42.7 Å². The number of nitrogens with one attached hydrogen (secondary N) is 2. The second kappa shape index (κ2) is 15.0. The van der Waals surface area contributed by atoms with E-state index in [2.05, 4.69) is 62.8 Å². The summed E-state index contributed by atoms with van der Waals surface area (Å²) in [7, 11) is 0. The number of fused-ring (bicyclic) bond motifs is 1. The van der Waals surface area contributed by atoms with Gasteiger partial charge in [0.1, 0.15) is 0 Å². The molecule has 6 nitrogen and oxygen atoms in total. The van der Waals surface area contributed by atoms with E-state index in [1.165, 1.54) is 56.8 Å². The molecule has 0 aliphatic heterocycles. The number of aliphatic hydroxyl groups is 1. The molecular weight excluding hydrogens is 525 g/mol. The summed E-state index contributed by atoms with van der Waals surface area (Å²) in [6.45, 7) is 0.0633. The van der Waals surface area contributed by atoms with Crippen molar-refractivity contribution in [3.8, 4) is 11.8 Å². The van der Waals surface area contributed by atoms with Crippen LogP contribution in [0.5, 0.6) is 0 Å². The third-order valence-electron chi connectivity index (χ3n) is 6.42. The van der Waals surface area contributed by atoms with Gasteiger partial charge in [-0.05, 0) is 53.6 Å². The van der Waals surface area contributed by atoms with Crippen molar-refractivity contribution in [3.05, 3.63) is 54.4 Å². The summed E-state index contributed by atoms with van der Waals surface area (Å²) < 4.78 is 0. The Bertz CT molecular complexity index is 1180. The minimum Gasteiger partial charge on any atom is -0.396 e. The van der Waals surface area contributed by atoms with Gasteiger partial charge in [0.05, 0.1) is 12.1 Å². The van der Waals surface area contributed by atoms with Crippen LogP contribution >= 0.6 is 0 Å². The number of hydrogen-bond donors (Lipinski definition) is 3. The third kappa shape index (κ3) is 8.66. The summed E-state index contributed by atoms with van der Waals surface area (Å²) in [6, 6.07) is 15.4. The minimum atomic E-state index is -0.412. The molecular formula is C29H33N4O2Y-. The molecule has 1 aromatic heterocycles. The number of benzene rings is 2. The Morgan fingerprint density at radius 3 is 2.53 bits per heavy atom. The van der Waals surface area contributed by atoms with Crippen molar-refractivity contribution < 1.29 is 42.6 Å². The molecule has 1 saturated carbocycles. The maximum absolute atomic E-state index is 12.1. The average molecular weight is 559 g/mol. The Kier molecular flexibility index (Phi) is 11.8. The Balaban J connectivity index is 0.00000361. The van der Waals surface area contributed by atoms with E-state index >= 15 is 0 Å². The molecule has 1 amide bonds. The van der Waals surface area contributed by atoms with Crippen molar-refractivity contribution in [2.45, 2.75) is 64.2 Å². The first-order chi connectivity index (χ1) is 17.2. The summed E-state index contributed by atoms with van der Waals surface area (Å²) in [6.07, 6.45) is 13.3. The van der Waals surface area contributed by atoms with Gasteiger partial charge in [-0.25, -0.2) is 0 Å². The van der Waals surface area contributed by atoms with Gasteiger partial charge >= 0.3 is 0 Å². The topological polar surface area (TPSA) is 87.1 Å². The molecule has 1 radical (unpaired) electrons. The fourth-order valence-electron chi connectivity index (χ4n) is 4.56. The summed E-state index contributed by atoms with van der Waals surface area (Å²) in [5.74, 6) is 6.30. The van der Waals surface area contributed by atoms with Crippen molar-refractivity contribution in [1.82, 2.24) is 9.97 Å². The summed E-state index contributed by atoms with van der Waals surface area (Å²) in [5, 5.41) is 15.6. The molecule has 36 heavy (non-hydrogen) atoms. The molecule has 4 rings (SSSR count). The van der Waals surface area contributed by atoms with Gasteiger partial charge in [-0.2, -0.15) is 0 Å². The van der Waals surface area contributed by atoms with E-state index in [-0.39, 0.29) is 39.3 Å². The number of rotatable bonds is 7. The van der Waals surface area contributed by atoms with Crippen LogP contribution in [-0.2, 0) is 43.9 Å². The van der Waals surface area contributed by atoms with Gasteiger partial charge in [-0.1, -0.05) is 68.4 Å². The van der Waals surface area contributed by atoms with E-state index in [9.17, 15) is 4.79 Å². The molecule has 185 valence electrons. The number of aliphatic hydroxyl groups excluding tert-OH is 1. The second-order valence-corrected chi connectivity index (χ2v) is 9.17. The number of unbranched alkanes of at least 4 members (excludes halogenated alkanes) is 1. The molecule has 0 saturated heterocycles. The first-order valence-corrected chi connectivity index (χ1v) is 12.6. The zero-order valence-electron chi connectivity index (χ0n) is 20.7. The van der Waals surface area contributed by atoms with E-state index in [1.807, 2.05) is 6.07 Å². The number of anilines is 3. The van der Waals surface area contributed by atoms with E-state index in [1.54, 1.807) is 6.07 Å². The van der Waals surface area contributed by atoms with Crippen molar-refractivity contribution >= 4 is 34.0 Å². The van der Waals surface area contributed by atoms with Crippen LogP contribution in [0.4, 0.5) is 17.2 Å². The molecule has 3 aromatic rings. The Morgan fingerprint density at radius 1 is 1.03 bits per heavy atom.